The van der Waals surface area contributed by atoms with Crippen molar-refractivity contribution in [3.8, 4) is 5.88 Å². The van der Waals surface area contributed by atoms with Crippen LogP contribution in [0, 0.1) is 12.7 Å². The van der Waals surface area contributed by atoms with Gasteiger partial charge in [0.1, 0.15) is 17.4 Å². The van der Waals surface area contributed by atoms with Gasteiger partial charge in [0.15, 0.2) is 5.56 Å². The third-order valence-electron chi connectivity index (χ3n) is 3.64. The maximum absolute atomic E-state index is 13.9. The number of carbonyl (C=O) groups excluding carboxylic acids is 1. The summed E-state index contributed by atoms with van der Waals surface area (Å²) in [7, 11) is 0. The van der Waals surface area contributed by atoms with Gasteiger partial charge in [-0.2, -0.15) is 4.37 Å². The molecule has 0 saturated heterocycles. The number of aromatic nitrogens is 1. The Morgan fingerprint density at radius 1 is 1.41 bits per heavy atom. The molecular weight excluding hydrogens is 377 g/mol. The molecule has 1 aromatic heterocycles. The second kappa shape index (κ2) is 9.28. The van der Waals surface area contributed by atoms with Crippen LogP contribution in [0.3, 0.4) is 0 Å². The predicted octanol–water partition coefficient (Wildman–Crippen LogP) is 2.76. The van der Waals surface area contributed by atoms with E-state index < -0.39 is 23.9 Å². The molecule has 1 atom stereocenters. The van der Waals surface area contributed by atoms with Crippen LogP contribution in [0.1, 0.15) is 34.8 Å². The van der Waals surface area contributed by atoms with Crippen LogP contribution >= 0.6 is 11.5 Å². The van der Waals surface area contributed by atoms with Gasteiger partial charge in [0, 0.05) is 12.1 Å². The second-order valence-corrected chi connectivity index (χ2v) is 6.55. The molecule has 146 valence electrons. The number of aryl methyl sites for hydroxylation is 1. The number of benzene rings is 1. The molecule has 0 fully saturated rings. The number of aliphatic hydroxyl groups is 1. The number of amides is 2. The fourth-order valence-corrected chi connectivity index (χ4v) is 2.79. The first-order valence-corrected chi connectivity index (χ1v) is 8.92. The number of anilines is 1. The summed E-state index contributed by atoms with van der Waals surface area (Å²) in [5, 5.41) is 23.6. The van der Waals surface area contributed by atoms with Crippen molar-refractivity contribution < 1.29 is 28.9 Å². The lowest BCUT2D eigenvalue weighted by Crippen LogP contribution is -2.35. The average molecular weight is 397 g/mol. The van der Waals surface area contributed by atoms with E-state index in [1.54, 1.807) is 26.0 Å². The van der Waals surface area contributed by atoms with E-state index in [1.165, 1.54) is 6.07 Å². The van der Waals surface area contributed by atoms with Crippen molar-refractivity contribution >= 4 is 28.5 Å². The van der Waals surface area contributed by atoms with E-state index in [1.807, 2.05) is 0 Å². The SMILES string of the molecule is CCC(O)CNC(=O)Nc1snc(OCc2ccc(C)cc2F)c1C(=O)O. The second-order valence-electron chi connectivity index (χ2n) is 5.78. The summed E-state index contributed by atoms with van der Waals surface area (Å²) in [5.41, 5.74) is 0.686. The Bertz CT molecular complexity index is 827. The lowest BCUT2D eigenvalue weighted by atomic mass is 10.1. The Labute approximate surface area is 159 Å². The van der Waals surface area contributed by atoms with Crippen LogP contribution in [0.15, 0.2) is 18.2 Å². The third kappa shape index (κ3) is 5.63. The first-order chi connectivity index (χ1) is 12.8. The summed E-state index contributed by atoms with van der Waals surface area (Å²) in [5.74, 6) is -2.02. The van der Waals surface area contributed by atoms with Gasteiger partial charge in [-0.15, -0.1) is 0 Å². The van der Waals surface area contributed by atoms with E-state index in [-0.39, 0.29) is 35.2 Å². The van der Waals surface area contributed by atoms with E-state index in [2.05, 4.69) is 15.0 Å². The van der Waals surface area contributed by atoms with Crippen molar-refractivity contribution in [1.29, 1.82) is 0 Å². The molecule has 0 spiro atoms. The summed E-state index contributed by atoms with van der Waals surface area (Å²) in [6, 6.07) is 3.93. The van der Waals surface area contributed by atoms with E-state index in [4.69, 9.17) is 4.74 Å². The Morgan fingerprint density at radius 2 is 2.15 bits per heavy atom. The minimum atomic E-state index is -1.34. The molecule has 2 rings (SSSR count). The highest BCUT2D eigenvalue weighted by Crippen LogP contribution is 2.31. The maximum atomic E-state index is 13.9. The quantitative estimate of drug-likeness (QED) is 0.544. The minimum absolute atomic E-state index is 0.0228. The topological polar surface area (TPSA) is 121 Å². The monoisotopic (exact) mass is 397 g/mol. The molecular formula is C17H20FN3O5S. The van der Waals surface area contributed by atoms with Crippen molar-refractivity contribution in [3.05, 3.63) is 40.7 Å². The van der Waals surface area contributed by atoms with E-state index in [0.717, 1.165) is 17.1 Å². The molecule has 1 unspecified atom stereocenters. The van der Waals surface area contributed by atoms with Gasteiger partial charge in [0.05, 0.1) is 6.10 Å². The third-order valence-corrected chi connectivity index (χ3v) is 4.39. The van der Waals surface area contributed by atoms with E-state index in [9.17, 15) is 24.2 Å². The van der Waals surface area contributed by atoms with Crippen molar-refractivity contribution in [1.82, 2.24) is 9.69 Å². The van der Waals surface area contributed by atoms with Crippen LogP contribution < -0.4 is 15.4 Å². The number of carbonyl (C=O) groups is 2. The summed E-state index contributed by atoms with van der Waals surface area (Å²) in [6.07, 6.45) is -0.228. The molecule has 4 N–H and O–H groups in total. The molecule has 1 aromatic carbocycles. The van der Waals surface area contributed by atoms with Crippen LogP contribution in [-0.2, 0) is 6.61 Å². The van der Waals surface area contributed by atoms with Crippen molar-refractivity contribution in [2.45, 2.75) is 33.0 Å². The van der Waals surface area contributed by atoms with Crippen molar-refractivity contribution in [3.63, 3.8) is 0 Å². The van der Waals surface area contributed by atoms with Crippen molar-refractivity contribution in [2.75, 3.05) is 11.9 Å². The van der Waals surface area contributed by atoms with Gasteiger partial charge in [-0.1, -0.05) is 19.1 Å². The molecule has 0 aliphatic carbocycles. The molecule has 2 amide bonds. The largest absolute Gasteiger partial charge is 0.477 e. The standard InChI is InChI=1S/C17H20FN3O5S/c1-3-11(22)7-19-17(25)20-15-13(16(23)24)14(21-27-15)26-8-10-5-4-9(2)6-12(10)18/h4-6,11,22H,3,7-8H2,1-2H3,(H,23,24)(H2,19,20,25). The molecule has 10 heteroatoms. The molecule has 0 radical (unpaired) electrons. The molecule has 8 nitrogen and oxygen atoms in total. The number of nitrogens with zero attached hydrogens (tertiary/aromatic N) is 1. The van der Waals surface area contributed by atoms with E-state index in [0.29, 0.717) is 6.42 Å². The Balaban J connectivity index is 2.07. The number of aromatic carboxylic acids is 1. The number of hydrogen-bond acceptors (Lipinski definition) is 6. The summed E-state index contributed by atoms with van der Waals surface area (Å²) in [4.78, 5) is 23.4. The zero-order chi connectivity index (χ0) is 20.0. The van der Waals surface area contributed by atoms with Crippen LogP contribution in [0.4, 0.5) is 14.2 Å². The molecule has 2 aromatic rings. The number of nitrogens with one attached hydrogen (secondary N) is 2. The maximum Gasteiger partial charge on any atom is 0.344 e. The van der Waals surface area contributed by atoms with Crippen LogP contribution in [0.2, 0.25) is 0 Å². The first kappa shape index (κ1) is 20.6. The highest BCUT2D eigenvalue weighted by Gasteiger charge is 2.23. The number of ether oxygens (including phenoxy) is 1. The number of carboxylic acids is 1. The van der Waals surface area contributed by atoms with Gasteiger partial charge < -0.3 is 20.3 Å². The van der Waals surface area contributed by atoms with Gasteiger partial charge >= 0.3 is 12.0 Å². The molecule has 1 heterocycles. The van der Waals surface area contributed by atoms with Crippen LogP contribution in [0.5, 0.6) is 5.88 Å². The summed E-state index contributed by atoms with van der Waals surface area (Å²) in [6.45, 7) is 3.33. The lowest BCUT2D eigenvalue weighted by molar-refractivity contribution is 0.0693. The van der Waals surface area contributed by atoms with Crippen LogP contribution in [-0.4, -0.2) is 39.2 Å². The van der Waals surface area contributed by atoms with E-state index >= 15 is 0 Å². The van der Waals surface area contributed by atoms with Crippen LogP contribution in [0.25, 0.3) is 0 Å². The Kier molecular flexibility index (Phi) is 7.08. The fraction of sp³-hybridized carbons (Fsp3) is 0.353. The van der Waals surface area contributed by atoms with Gasteiger partial charge in [0.25, 0.3) is 0 Å². The highest BCUT2D eigenvalue weighted by atomic mass is 32.1. The number of urea groups is 1. The zero-order valence-corrected chi connectivity index (χ0v) is 15.6. The number of rotatable bonds is 8. The number of halogens is 1. The number of aliphatic hydroxyl groups excluding tert-OH is 1. The average Bonchev–Trinajstić information content (AvgIpc) is 3.01. The summed E-state index contributed by atoms with van der Waals surface area (Å²) >= 11 is 0.731. The molecule has 0 saturated carbocycles. The Morgan fingerprint density at radius 3 is 2.78 bits per heavy atom. The highest BCUT2D eigenvalue weighted by molar-refractivity contribution is 7.11. The van der Waals surface area contributed by atoms with Crippen molar-refractivity contribution in [2.24, 2.45) is 0 Å². The number of hydrogen-bond donors (Lipinski definition) is 4. The molecule has 0 aliphatic heterocycles. The Hall–Kier alpha value is -2.72. The van der Waals surface area contributed by atoms with Gasteiger partial charge in [0.2, 0.25) is 5.88 Å². The first-order valence-electron chi connectivity index (χ1n) is 8.15. The zero-order valence-electron chi connectivity index (χ0n) is 14.8. The predicted molar refractivity (Wildman–Crippen MR) is 97.9 cm³/mol. The van der Waals surface area contributed by atoms with Gasteiger partial charge in [-0.3, -0.25) is 5.32 Å². The molecule has 27 heavy (non-hydrogen) atoms. The normalized spacial score (nSPS) is 11.7. The lowest BCUT2D eigenvalue weighted by Gasteiger charge is -2.10. The molecule has 0 aliphatic rings. The number of carboxylic acid groups (broad SMARTS) is 1. The minimum Gasteiger partial charge on any atom is -0.477 e. The fourth-order valence-electron chi connectivity index (χ4n) is 2.07. The summed E-state index contributed by atoms with van der Waals surface area (Å²) < 4.78 is 23.1. The smallest absolute Gasteiger partial charge is 0.344 e. The molecule has 0 bridgehead atoms. The van der Waals surface area contributed by atoms with Gasteiger partial charge in [-0.25, -0.2) is 14.0 Å². The van der Waals surface area contributed by atoms with Gasteiger partial charge in [-0.05, 0) is 36.5 Å².